The minimum atomic E-state index is -0.710. The highest BCUT2D eigenvalue weighted by molar-refractivity contribution is 5.98. The molecule has 1 amide bonds. The Morgan fingerprint density at radius 1 is 1.57 bits per heavy atom. The zero-order valence-electron chi connectivity index (χ0n) is 11.9. The lowest BCUT2D eigenvalue weighted by Crippen LogP contribution is -2.35. The summed E-state index contributed by atoms with van der Waals surface area (Å²) in [4.78, 5) is 27.6. The van der Waals surface area contributed by atoms with Gasteiger partial charge >= 0.3 is 0 Å². The molecular formula is C13H19N5O3. The molecule has 8 heteroatoms. The number of carbonyl (C=O) groups excluding carboxylic acids is 1. The molecule has 8 nitrogen and oxygen atoms in total. The fraction of sp³-hybridized carbons (Fsp3) is 0.538. The first-order valence-corrected chi connectivity index (χ1v) is 6.85. The summed E-state index contributed by atoms with van der Waals surface area (Å²) in [6, 6.07) is 1.18. The molecule has 1 aliphatic rings. The van der Waals surface area contributed by atoms with Crippen LogP contribution in [-0.4, -0.2) is 42.5 Å². The van der Waals surface area contributed by atoms with Gasteiger partial charge in [0, 0.05) is 19.7 Å². The number of nitrogens with two attached hydrogens (primary N) is 1. The Morgan fingerprint density at radius 3 is 2.81 bits per heavy atom. The Bertz CT molecular complexity index is 543. The summed E-state index contributed by atoms with van der Waals surface area (Å²) in [6.07, 6.45) is 3.27. The zero-order chi connectivity index (χ0) is 15.4. The number of aromatic nitrogens is 1. The van der Waals surface area contributed by atoms with Gasteiger partial charge in [0.15, 0.2) is 0 Å². The lowest BCUT2D eigenvalue weighted by Gasteiger charge is -2.28. The first kappa shape index (κ1) is 15.2. The fourth-order valence-electron chi connectivity index (χ4n) is 2.57. The number of pyridine rings is 1. The van der Waals surface area contributed by atoms with E-state index in [1.807, 2.05) is 11.9 Å². The number of nitrogens with zero attached hydrogens (tertiary/aromatic N) is 3. The molecule has 0 saturated carbocycles. The van der Waals surface area contributed by atoms with Crippen molar-refractivity contribution in [2.45, 2.75) is 12.8 Å². The molecule has 0 aliphatic carbocycles. The SMILES string of the molecule is CN(CC1CCNCC1)c1ncc([N+](=O)[O-])cc1C(N)=O. The number of hydrogen-bond donors (Lipinski definition) is 2. The number of hydrogen-bond acceptors (Lipinski definition) is 6. The van der Waals surface area contributed by atoms with Crippen LogP contribution in [0.1, 0.15) is 23.2 Å². The smallest absolute Gasteiger partial charge is 0.288 e. The molecule has 1 aromatic heterocycles. The quantitative estimate of drug-likeness (QED) is 0.604. The van der Waals surface area contributed by atoms with E-state index in [2.05, 4.69) is 10.3 Å². The van der Waals surface area contributed by atoms with Crippen LogP contribution in [0, 0.1) is 16.0 Å². The highest BCUT2D eigenvalue weighted by Crippen LogP contribution is 2.23. The van der Waals surface area contributed by atoms with Gasteiger partial charge < -0.3 is 16.0 Å². The predicted octanol–water partition coefficient (Wildman–Crippen LogP) is 0.524. The van der Waals surface area contributed by atoms with E-state index in [9.17, 15) is 14.9 Å². The van der Waals surface area contributed by atoms with E-state index in [0.29, 0.717) is 11.7 Å². The minimum Gasteiger partial charge on any atom is -0.365 e. The molecule has 1 saturated heterocycles. The second-order valence-electron chi connectivity index (χ2n) is 5.26. The van der Waals surface area contributed by atoms with Crippen LogP contribution in [0.2, 0.25) is 0 Å². The van der Waals surface area contributed by atoms with Gasteiger partial charge in [-0.15, -0.1) is 0 Å². The molecule has 0 radical (unpaired) electrons. The molecule has 0 bridgehead atoms. The monoisotopic (exact) mass is 293 g/mol. The van der Waals surface area contributed by atoms with E-state index in [1.165, 1.54) is 6.07 Å². The van der Waals surface area contributed by atoms with Gasteiger partial charge in [-0.05, 0) is 31.8 Å². The fourth-order valence-corrected chi connectivity index (χ4v) is 2.57. The molecule has 1 aromatic rings. The van der Waals surface area contributed by atoms with Crippen molar-refractivity contribution in [3.05, 3.63) is 27.9 Å². The van der Waals surface area contributed by atoms with Gasteiger partial charge in [-0.3, -0.25) is 14.9 Å². The van der Waals surface area contributed by atoms with Crippen LogP contribution in [0.4, 0.5) is 11.5 Å². The zero-order valence-corrected chi connectivity index (χ0v) is 11.9. The van der Waals surface area contributed by atoms with Crippen LogP contribution in [0.5, 0.6) is 0 Å². The van der Waals surface area contributed by atoms with Gasteiger partial charge in [0.2, 0.25) is 0 Å². The maximum Gasteiger partial charge on any atom is 0.288 e. The van der Waals surface area contributed by atoms with E-state index in [0.717, 1.165) is 38.7 Å². The van der Waals surface area contributed by atoms with Crippen molar-refractivity contribution in [2.24, 2.45) is 11.7 Å². The second kappa shape index (κ2) is 6.49. The molecule has 114 valence electrons. The molecule has 1 aliphatic heterocycles. The van der Waals surface area contributed by atoms with E-state index < -0.39 is 10.8 Å². The number of amides is 1. The Balaban J connectivity index is 2.20. The van der Waals surface area contributed by atoms with E-state index >= 15 is 0 Å². The second-order valence-corrected chi connectivity index (χ2v) is 5.26. The van der Waals surface area contributed by atoms with Crippen molar-refractivity contribution < 1.29 is 9.72 Å². The molecule has 2 heterocycles. The first-order valence-electron chi connectivity index (χ1n) is 6.85. The number of nitro groups is 1. The maximum absolute atomic E-state index is 11.5. The lowest BCUT2D eigenvalue weighted by molar-refractivity contribution is -0.385. The molecule has 1 fully saturated rings. The van der Waals surface area contributed by atoms with Gasteiger partial charge in [0.25, 0.3) is 11.6 Å². The number of nitrogens with one attached hydrogen (secondary N) is 1. The molecule has 0 unspecified atom stereocenters. The largest absolute Gasteiger partial charge is 0.365 e. The predicted molar refractivity (Wildman–Crippen MR) is 78.3 cm³/mol. The summed E-state index contributed by atoms with van der Waals surface area (Å²) >= 11 is 0. The molecule has 0 spiro atoms. The molecular weight excluding hydrogens is 274 g/mol. The van der Waals surface area contributed by atoms with Crippen molar-refractivity contribution in [3.63, 3.8) is 0 Å². The topological polar surface area (TPSA) is 114 Å². The summed E-state index contributed by atoms with van der Waals surface area (Å²) < 4.78 is 0. The average Bonchev–Trinajstić information content (AvgIpc) is 2.47. The van der Waals surface area contributed by atoms with Crippen molar-refractivity contribution in [2.75, 3.05) is 31.6 Å². The minimum absolute atomic E-state index is 0.0839. The van der Waals surface area contributed by atoms with Gasteiger partial charge in [0.05, 0.1) is 10.5 Å². The van der Waals surface area contributed by atoms with Gasteiger partial charge in [-0.2, -0.15) is 0 Å². The molecule has 2 rings (SSSR count). The number of anilines is 1. The Kier molecular flexibility index (Phi) is 4.69. The van der Waals surface area contributed by atoms with E-state index in [-0.39, 0.29) is 11.3 Å². The highest BCUT2D eigenvalue weighted by Gasteiger charge is 2.21. The van der Waals surface area contributed by atoms with Gasteiger partial charge in [0.1, 0.15) is 12.0 Å². The molecule has 0 aromatic carbocycles. The molecule has 21 heavy (non-hydrogen) atoms. The van der Waals surface area contributed by atoms with Crippen LogP contribution < -0.4 is 16.0 Å². The van der Waals surface area contributed by atoms with Crippen LogP contribution >= 0.6 is 0 Å². The Hall–Kier alpha value is -2.22. The van der Waals surface area contributed by atoms with Crippen LogP contribution in [0.15, 0.2) is 12.3 Å². The van der Waals surface area contributed by atoms with E-state index in [4.69, 9.17) is 5.73 Å². The first-order chi connectivity index (χ1) is 9.99. The van der Waals surface area contributed by atoms with Crippen molar-refractivity contribution in [3.8, 4) is 0 Å². The summed E-state index contributed by atoms with van der Waals surface area (Å²) in [7, 11) is 1.82. The van der Waals surface area contributed by atoms with Crippen LogP contribution in [0.25, 0.3) is 0 Å². The number of primary amides is 1. The van der Waals surface area contributed by atoms with Crippen molar-refractivity contribution in [1.29, 1.82) is 0 Å². The maximum atomic E-state index is 11.5. The summed E-state index contributed by atoms with van der Waals surface area (Å²) in [5, 5.41) is 14.1. The van der Waals surface area contributed by atoms with Crippen LogP contribution in [0.3, 0.4) is 0 Å². The van der Waals surface area contributed by atoms with Gasteiger partial charge in [-0.1, -0.05) is 0 Å². The lowest BCUT2D eigenvalue weighted by atomic mass is 9.97. The highest BCUT2D eigenvalue weighted by atomic mass is 16.6. The summed E-state index contributed by atoms with van der Waals surface area (Å²) in [6.45, 7) is 2.70. The third-order valence-corrected chi connectivity index (χ3v) is 3.68. The normalized spacial score (nSPS) is 15.7. The third kappa shape index (κ3) is 3.66. The number of rotatable bonds is 5. The summed E-state index contributed by atoms with van der Waals surface area (Å²) in [5.74, 6) is 0.193. The summed E-state index contributed by atoms with van der Waals surface area (Å²) in [5.41, 5.74) is 5.17. The Morgan fingerprint density at radius 2 is 2.24 bits per heavy atom. The van der Waals surface area contributed by atoms with Crippen LogP contribution in [-0.2, 0) is 0 Å². The van der Waals surface area contributed by atoms with E-state index in [1.54, 1.807) is 0 Å². The number of piperidine rings is 1. The van der Waals surface area contributed by atoms with Crippen molar-refractivity contribution >= 4 is 17.4 Å². The average molecular weight is 293 g/mol. The molecule has 0 atom stereocenters. The molecule has 3 N–H and O–H groups in total. The number of carbonyl (C=O) groups is 1. The van der Waals surface area contributed by atoms with Crippen molar-refractivity contribution in [1.82, 2.24) is 10.3 Å². The third-order valence-electron chi connectivity index (χ3n) is 3.68. The van der Waals surface area contributed by atoms with Gasteiger partial charge in [-0.25, -0.2) is 4.98 Å². The Labute approximate surface area is 122 Å². The standard InChI is InChI=1S/C13H19N5O3/c1-17(8-9-2-4-15-5-3-9)13-11(12(14)19)6-10(7-16-13)18(20)21/h6-7,9,15H,2-5,8H2,1H3,(H2,14,19).